The maximum Gasteiger partial charge on any atom is 0.342 e. The minimum absolute atomic E-state index is 0.0648. The Morgan fingerprint density at radius 2 is 1.79 bits per heavy atom. The van der Waals surface area contributed by atoms with Crippen LogP contribution in [0.1, 0.15) is 29.7 Å². The number of aromatic nitrogens is 1. The molecule has 0 bridgehead atoms. The molecule has 2 aromatic heterocycles. The van der Waals surface area contributed by atoms with Gasteiger partial charge >= 0.3 is 5.63 Å². The van der Waals surface area contributed by atoms with Crippen LogP contribution in [0.5, 0.6) is 5.75 Å². The summed E-state index contributed by atoms with van der Waals surface area (Å²) in [6.45, 7) is 1.46. The molecule has 1 aliphatic rings. The van der Waals surface area contributed by atoms with Crippen molar-refractivity contribution in [1.82, 2.24) is 4.57 Å². The van der Waals surface area contributed by atoms with Crippen molar-refractivity contribution in [3.63, 3.8) is 0 Å². The van der Waals surface area contributed by atoms with Gasteiger partial charge in [-0.25, -0.2) is 4.79 Å². The average molecular weight is 323 g/mol. The zero-order chi connectivity index (χ0) is 16.8. The first-order chi connectivity index (χ1) is 11.6. The van der Waals surface area contributed by atoms with Crippen molar-refractivity contribution in [3.8, 4) is 11.4 Å². The normalized spacial score (nSPS) is 13.9. The van der Waals surface area contributed by atoms with Gasteiger partial charge in [-0.15, -0.1) is 0 Å². The monoisotopic (exact) mass is 323 g/mol. The first-order valence-corrected chi connectivity index (χ1v) is 8.08. The Bertz CT molecular complexity index is 1060. The van der Waals surface area contributed by atoms with Crippen molar-refractivity contribution in [2.75, 3.05) is 0 Å². The van der Waals surface area contributed by atoms with Gasteiger partial charge in [0.05, 0.1) is 5.56 Å². The molecular formula is C19H17NO4. The van der Waals surface area contributed by atoms with Gasteiger partial charge in [-0.05, 0) is 44.7 Å². The van der Waals surface area contributed by atoms with Crippen LogP contribution in [-0.4, -0.2) is 9.67 Å². The summed E-state index contributed by atoms with van der Waals surface area (Å²) < 4.78 is 7.06. The number of nitrogens with zero attached hydrogens (tertiary/aromatic N) is 1. The summed E-state index contributed by atoms with van der Waals surface area (Å²) in [7, 11) is 0. The highest BCUT2D eigenvalue weighted by molar-refractivity contribution is 5.87. The molecule has 0 unspecified atom stereocenters. The van der Waals surface area contributed by atoms with Gasteiger partial charge < -0.3 is 9.52 Å². The fraction of sp³-hybridized carbons (Fsp3) is 0.263. The number of hydrogen-bond acceptors (Lipinski definition) is 4. The lowest BCUT2D eigenvalue weighted by Crippen LogP contribution is -2.27. The molecule has 1 aliphatic carbocycles. The summed E-state index contributed by atoms with van der Waals surface area (Å²) in [5.74, 6) is -0.274. The van der Waals surface area contributed by atoms with Crippen LogP contribution < -0.4 is 11.2 Å². The largest absolute Gasteiger partial charge is 0.506 e. The second-order valence-corrected chi connectivity index (χ2v) is 6.18. The fourth-order valence-electron chi connectivity index (χ4n) is 3.49. The molecule has 122 valence electrons. The van der Waals surface area contributed by atoms with Gasteiger partial charge in [-0.2, -0.15) is 0 Å². The summed E-state index contributed by atoms with van der Waals surface area (Å²) >= 11 is 0. The van der Waals surface area contributed by atoms with Crippen molar-refractivity contribution in [2.45, 2.75) is 32.6 Å². The molecule has 24 heavy (non-hydrogen) atoms. The predicted molar refractivity (Wildman–Crippen MR) is 91.1 cm³/mol. The van der Waals surface area contributed by atoms with Gasteiger partial charge in [0, 0.05) is 16.9 Å². The van der Waals surface area contributed by atoms with E-state index in [-0.39, 0.29) is 27.8 Å². The van der Waals surface area contributed by atoms with Crippen LogP contribution in [0.3, 0.4) is 0 Å². The molecule has 0 saturated carbocycles. The molecule has 0 spiro atoms. The predicted octanol–water partition coefficient (Wildman–Crippen LogP) is 2.84. The Labute approximate surface area is 137 Å². The van der Waals surface area contributed by atoms with E-state index in [0.29, 0.717) is 0 Å². The van der Waals surface area contributed by atoms with E-state index in [9.17, 15) is 14.7 Å². The lowest BCUT2D eigenvalue weighted by Gasteiger charge is -2.22. The number of hydrogen-bond donors (Lipinski definition) is 1. The molecule has 0 amide bonds. The van der Waals surface area contributed by atoms with Crippen molar-refractivity contribution < 1.29 is 9.52 Å². The summed E-state index contributed by atoms with van der Waals surface area (Å²) in [6, 6.07) is 9.37. The molecule has 0 atom stereocenters. The van der Waals surface area contributed by atoms with E-state index >= 15 is 0 Å². The SMILES string of the molecule is Cc1c(O)c2c(=O)n(-c3ccccc3)c3c(c2oc1=O)CCCC3. The summed E-state index contributed by atoms with van der Waals surface area (Å²) in [5.41, 5.74) is 1.85. The lowest BCUT2D eigenvalue weighted by atomic mass is 9.93. The topological polar surface area (TPSA) is 72.4 Å². The molecule has 1 N–H and O–H groups in total. The van der Waals surface area contributed by atoms with E-state index in [1.165, 1.54) is 6.92 Å². The smallest absolute Gasteiger partial charge is 0.342 e. The van der Waals surface area contributed by atoms with Crippen molar-refractivity contribution in [2.24, 2.45) is 0 Å². The van der Waals surface area contributed by atoms with Gasteiger partial charge in [0.15, 0.2) is 5.58 Å². The Morgan fingerprint density at radius 1 is 1.08 bits per heavy atom. The number of aryl methyl sites for hydroxylation is 1. The molecule has 3 aromatic rings. The zero-order valence-corrected chi connectivity index (χ0v) is 13.3. The molecule has 0 fully saturated rings. The Hall–Kier alpha value is -2.82. The molecule has 2 heterocycles. The van der Waals surface area contributed by atoms with Crippen LogP contribution in [0.2, 0.25) is 0 Å². The minimum Gasteiger partial charge on any atom is -0.506 e. The van der Waals surface area contributed by atoms with Gasteiger partial charge in [-0.1, -0.05) is 18.2 Å². The maximum atomic E-state index is 13.1. The number of aromatic hydroxyl groups is 1. The van der Waals surface area contributed by atoms with E-state index in [2.05, 4.69) is 0 Å². The molecule has 4 rings (SSSR count). The third-order valence-corrected chi connectivity index (χ3v) is 4.73. The first kappa shape index (κ1) is 14.8. The van der Waals surface area contributed by atoms with Gasteiger partial charge in [-0.3, -0.25) is 9.36 Å². The van der Waals surface area contributed by atoms with Crippen LogP contribution in [0.15, 0.2) is 44.3 Å². The highest BCUT2D eigenvalue weighted by Crippen LogP contribution is 2.32. The third-order valence-electron chi connectivity index (χ3n) is 4.73. The average Bonchev–Trinajstić information content (AvgIpc) is 2.60. The van der Waals surface area contributed by atoms with Gasteiger partial charge in [0.25, 0.3) is 5.56 Å². The molecular weight excluding hydrogens is 306 g/mol. The number of fused-ring (bicyclic) bond motifs is 3. The Balaban J connectivity index is 2.24. The molecule has 0 aliphatic heterocycles. The Morgan fingerprint density at radius 3 is 2.54 bits per heavy atom. The fourth-order valence-corrected chi connectivity index (χ4v) is 3.49. The lowest BCUT2D eigenvalue weighted by molar-refractivity contribution is 0.458. The number of rotatable bonds is 1. The molecule has 5 nitrogen and oxygen atoms in total. The maximum absolute atomic E-state index is 13.1. The van der Waals surface area contributed by atoms with Crippen LogP contribution >= 0.6 is 0 Å². The van der Waals surface area contributed by atoms with Crippen LogP contribution in [0.4, 0.5) is 0 Å². The van der Waals surface area contributed by atoms with E-state index in [0.717, 1.165) is 42.6 Å². The standard InChI is InChI=1S/C19H17NO4/c1-11-16(21)15-17(24-19(11)23)13-9-5-6-10-14(13)20(18(15)22)12-7-3-2-4-8-12/h2-4,7-8,21H,5-6,9-10H2,1H3. The highest BCUT2D eigenvalue weighted by Gasteiger charge is 2.25. The third kappa shape index (κ3) is 2.01. The quantitative estimate of drug-likeness (QED) is 0.747. The van der Waals surface area contributed by atoms with E-state index in [4.69, 9.17) is 4.42 Å². The van der Waals surface area contributed by atoms with E-state index in [1.807, 2.05) is 30.3 Å². The van der Waals surface area contributed by atoms with Crippen LogP contribution in [-0.2, 0) is 12.8 Å². The molecule has 1 aromatic carbocycles. The zero-order valence-electron chi connectivity index (χ0n) is 13.3. The Kier molecular flexibility index (Phi) is 3.30. The summed E-state index contributed by atoms with van der Waals surface area (Å²) in [4.78, 5) is 25.1. The van der Waals surface area contributed by atoms with Crippen molar-refractivity contribution in [1.29, 1.82) is 0 Å². The second kappa shape index (κ2) is 5.37. The second-order valence-electron chi connectivity index (χ2n) is 6.18. The summed E-state index contributed by atoms with van der Waals surface area (Å²) in [5, 5.41) is 10.5. The number of pyridine rings is 1. The van der Waals surface area contributed by atoms with Crippen LogP contribution in [0, 0.1) is 6.92 Å². The summed E-state index contributed by atoms with van der Waals surface area (Å²) in [6.07, 6.45) is 3.42. The van der Waals surface area contributed by atoms with Gasteiger partial charge in [0.1, 0.15) is 11.1 Å². The molecule has 0 saturated heterocycles. The first-order valence-electron chi connectivity index (χ1n) is 8.08. The van der Waals surface area contributed by atoms with Gasteiger partial charge in [0.2, 0.25) is 0 Å². The van der Waals surface area contributed by atoms with E-state index in [1.54, 1.807) is 4.57 Å². The number of para-hydroxylation sites is 1. The van der Waals surface area contributed by atoms with Crippen LogP contribution in [0.25, 0.3) is 16.7 Å². The highest BCUT2D eigenvalue weighted by atomic mass is 16.4. The molecule has 5 heteroatoms. The van der Waals surface area contributed by atoms with Crippen molar-refractivity contribution >= 4 is 11.0 Å². The number of benzene rings is 1. The van der Waals surface area contributed by atoms with E-state index < -0.39 is 5.63 Å². The molecule has 0 radical (unpaired) electrons. The van der Waals surface area contributed by atoms with Crippen molar-refractivity contribution in [3.05, 3.63) is 67.9 Å². The minimum atomic E-state index is -0.593.